The lowest BCUT2D eigenvalue weighted by Crippen LogP contribution is -2.23. The van der Waals surface area contributed by atoms with Gasteiger partial charge in [0.2, 0.25) is 5.91 Å². The van der Waals surface area contributed by atoms with E-state index >= 15 is 0 Å². The zero-order valence-electron chi connectivity index (χ0n) is 13.1. The SMILES string of the molecule is O=C(CCc1nc2ccccc2s1)NCc1cc([N+](=O)[O-])ccc1O. The number of aryl methyl sites for hydroxylation is 1. The highest BCUT2D eigenvalue weighted by Gasteiger charge is 2.12. The molecule has 0 atom stereocenters. The Hall–Kier alpha value is -3.00. The molecule has 1 heterocycles. The first-order valence-corrected chi connectivity index (χ1v) is 8.42. The van der Waals surface area contributed by atoms with Gasteiger partial charge in [-0.05, 0) is 18.2 Å². The number of non-ortho nitro benzene ring substituents is 1. The molecule has 3 aromatic rings. The van der Waals surface area contributed by atoms with Gasteiger partial charge in [0.25, 0.3) is 5.69 Å². The number of hydrogen-bond donors (Lipinski definition) is 2. The monoisotopic (exact) mass is 357 g/mol. The van der Waals surface area contributed by atoms with E-state index in [-0.39, 0.29) is 30.3 Å². The molecular formula is C17H15N3O4S. The van der Waals surface area contributed by atoms with Crippen LogP contribution in [0, 0.1) is 10.1 Å². The summed E-state index contributed by atoms with van der Waals surface area (Å²) in [7, 11) is 0. The number of nitro benzene ring substituents is 1. The van der Waals surface area contributed by atoms with Crippen molar-refractivity contribution in [2.75, 3.05) is 0 Å². The van der Waals surface area contributed by atoms with Crippen LogP contribution >= 0.6 is 11.3 Å². The third kappa shape index (κ3) is 4.10. The topological polar surface area (TPSA) is 105 Å². The van der Waals surface area contributed by atoms with Gasteiger partial charge >= 0.3 is 0 Å². The molecule has 0 aliphatic carbocycles. The number of carbonyl (C=O) groups is 1. The van der Waals surface area contributed by atoms with Gasteiger partial charge in [-0.15, -0.1) is 11.3 Å². The Morgan fingerprint density at radius 2 is 2.08 bits per heavy atom. The molecular weight excluding hydrogens is 342 g/mol. The number of aromatic nitrogens is 1. The lowest BCUT2D eigenvalue weighted by atomic mass is 10.1. The van der Waals surface area contributed by atoms with E-state index in [2.05, 4.69) is 10.3 Å². The second kappa shape index (κ2) is 7.27. The molecule has 1 amide bonds. The Morgan fingerprint density at radius 3 is 2.84 bits per heavy atom. The van der Waals surface area contributed by atoms with Crippen LogP contribution in [0.25, 0.3) is 10.2 Å². The highest BCUT2D eigenvalue weighted by atomic mass is 32.1. The molecule has 3 rings (SSSR count). The first-order valence-electron chi connectivity index (χ1n) is 7.60. The summed E-state index contributed by atoms with van der Waals surface area (Å²) in [5.74, 6) is -0.290. The average molecular weight is 357 g/mol. The maximum atomic E-state index is 12.0. The molecule has 0 bridgehead atoms. The summed E-state index contributed by atoms with van der Waals surface area (Å²) in [6.45, 7) is 0.0339. The van der Waals surface area contributed by atoms with Gasteiger partial charge in [0.15, 0.2) is 0 Å². The number of phenolic OH excluding ortho intramolecular Hbond substituents is 1. The van der Waals surface area contributed by atoms with Crippen LogP contribution in [0.2, 0.25) is 0 Å². The number of thiazole rings is 1. The number of hydrogen-bond acceptors (Lipinski definition) is 6. The van der Waals surface area contributed by atoms with E-state index in [4.69, 9.17) is 0 Å². The normalized spacial score (nSPS) is 10.7. The number of para-hydroxylation sites is 1. The number of carbonyl (C=O) groups excluding carboxylic acids is 1. The number of amides is 1. The second-order valence-electron chi connectivity index (χ2n) is 5.42. The minimum absolute atomic E-state index is 0.0339. The third-order valence-electron chi connectivity index (χ3n) is 3.65. The van der Waals surface area contributed by atoms with E-state index < -0.39 is 4.92 Å². The molecule has 0 radical (unpaired) electrons. The number of nitrogens with zero attached hydrogens (tertiary/aromatic N) is 2. The van der Waals surface area contributed by atoms with Crippen molar-refractivity contribution < 1.29 is 14.8 Å². The van der Waals surface area contributed by atoms with Gasteiger partial charge in [-0.1, -0.05) is 12.1 Å². The van der Waals surface area contributed by atoms with E-state index in [1.807, 2.05) is 24.3 Å². The number of benzene rings is 2. The maximum absolute atomic E-state index is 12.0. The van der Waals surface area contributed by atoms with Crippen molar-refractivity contribution in [3.05, 3.63) is 63.1 Å². The van der Waals surface area contributed by atoms with Crippen LogP contribution in [0.1, 0.15) is 17.0 Å². The molecule has 128 valence electrons. The van der Waals surface area contributed by atoms with Crippen LogP contribution in [0.3, 0.4) is 0 Å². The van der Waals surface area contributed by atoms with Crippen molar-refractivity contribution in [2.45, 2.75) is 19.4 Å². The molecule has 25 heavy (non-hydrogen) atoms. The summed E-state index contributed by atoms with van der Waals surface area (Å²) in [6, 6.07) is 11.5. The first kappa shape index (κ1) is 16.8. The number of nitrogens with one attached hydrogen (secondary N) is 1. The minimum Gasteiger partial charge on any atom is -0.508 e. The molecule has 0 saturated heterocycles. The van der Waals surface area contributed by atoms with Crippen molar-refractivity contribution in [1.29, 1.82) is 0 Å². The lowest BCUT2D eigenvalue weighted by Gasteiger charge is -2.06. The van der Waals surface area contributed by atoms with Crippen LogP contribution in [0.4, 0.5) is 5.69 Å². The molecule has 0 unspecified atom stereocenters. The van der Waals surface area contributed by atoms with Crippen LogP contribution < -0.4 is 5.32 Å². The fraction of sp³-hybridized carbons (Fsp3) is 0.176. The predicted octanol–water partition coefficient (Wildman–Crippen LogP) is 3.16. The standard InChI is InChI=1S/C17H15N3O4S/c21-14-6-5-12(20(23)24)9-11(14)10-18-16(22)7-8-17-19-13-3-1-2-4-15(13)25-17/h1-6,9,21H,7-8,10H2,(H,18,22). The van der Waals surface area contributed by atoms with Gasteiger partial charge in [-0.2, -0.15) is 0 Å². The maximum Gasteiger partial charge on any atom is 0.270 e. The lowest BCUT2D eigenvalue weighted by molar-refractivity contribution is -0.384. The van der Waals surface area contributed by atoms with Crippen molar-refractivity contribution in [2.24, 2.45) is 0 Å². The van der Waals surface area contributed by atoms with E-state index in [1.165, 1.54) is 18.2 Å². The van der Waals surface area contributed by atoms with Crippen LogP contribution in [-0.2, 0) is 17.8 Å². The van der Waals surface area contributed by atoms with Gasteiger partial charge in [-0.3, -0.25) is 14.9 Å². The van der Waals surface area contributed by atoms with Gasteiger partial charge in [0, 0.05) is 37.1 Å². The Morgan fingerprint density at radius 1 is 1.28 bits per heavy atom. The zero-order valence-corrected chi connectivity index (χ0v) is 14.0. The van der Waals surface area contributed by atoms with Crippen molar-refractivity contribution in [1.82, 2.24) is 10.3 Å². The Labute approximate surface area is 147 Å². The molecule has 0 aliphatic heterocycles. The fourth-order valence-electron chi connectivity index (χ4n) is 2.36. The number of aromatic hydroxyl groups is 1. The summed E-state index contributed by atoms with van der Waals surface area (Å²) >= 11 is 1.56. The van der Waals surface area contributed by atoms with Crippen molar-refractivity contribution in [3.8, 4) is 5.75 Å². The van der Waals surface area contributed by atoms with Gasteiger partial charge in [0.05, 0.1) is 20.1 Å². The number of phenols is 1. The number of nitro groups is 1. The molecule has 2 aromatic carbocycles. The highest BCUT2D eigenvalue weighted by molar-refractivity contribution is 7.18. The van der Waals surface area contributed by atoms with E-state index in [1.54, 1.807) is 11.3 Å². The Kier molecular flexibility index (Phi) is 4.90. The molecule has 0 saturated carbocycles. The zero-order chi connectivity index (χ0) is 17.8. The molecule has 0 spiro atoms. The molecule has 7 nitrogen and oxygen atoms in total. The minimum atomic E-state index is -0.544. The highest BCUT2D eigenvalue weighted by Crippen LogP contribution is 2.23. The van der Waals surface area contributed by atoms with Gasteiger partial charge in [0.1, 0.15) is 5.75 Å². The predicted molar refractivity (Wildman–Crippen MR) is 94.5 cm³/mol. The fourth-order valence-corrected chi connectivity index (χ4v) is 3.32. The van der Waals surface area contributed by atoms with Crippen molar-refractivity contribution >= 4 is 33.1 Å². The van der Waals surface area contributed by atoms with Gasteiger partial charge in [-0.25, -0.2) is 4.98 Å². The van der Waals surface area contributed by atoms with Crippen LogP contribution in [0.15, 0.2) is 42.5 Å². The van der Waals surface area contributed by atoms with Gasteiger partial charge < -0.3 is 10.4 Å². The Balaban J connectivity index is 1.56. The Bertz CT molecular complexity index is 906. The molecule has 1 aromatic heterocycles. The summed E-state index contributed by atoms with van der Waals surface area (Å²) in [5.41, 5.74) is 1.10. The van der Waals surface area contributed by atoms with Crippen LogP contribution in [0.5, 0.6) is 5.75 Å². The molecule has 0 fully saturated rings. The smallest absolute Gasteiger partial charge is 0.270 e. The molecule has 8 heteroatoms. The van der Waals surface area contributed by atoms with Crippen molar-refractivity contribution in [3.63, 3.8) is 0 Å². The second-order valence-corrected chi connectivity index (χ2v) is 6.54. The summed E-state index contributed by atoms with van der Waals surface area (Å²) in [4.78, 5) is 26.7. The summed E-state index contributed by atoms with van der Waals surface area (Å²) < 4.78 is 1.08. The summed E-state index contributed by atoms with van der Waals surface area (Å²) in [6.07, 6.45) is 0.779. The molecule has 2 N–H and O–H groups in total. The third-order valence-corrected chi connectivity index (χ3v) is 4.75. The number of rotatable bonds is 6. The van der Waals surface area contributed by atoms with E-state index in [0.717, 1.165) is 15.2 Å². The largest absolute Gasteiger partial charge is 0.508 e. The average Bonchev–Trinajstić information content (AvgIpc) is 3.02. The quantitative estimate of drug-likeness (QED) is 0.521. The van der Waals surface area contributed by atoms with E-state index in [0.29, 0.717) is 12.0 Å². The first-order chi connectivity index (χ1) is 12.0. The number of fused-ring (bicyclic) bond motifs is 1. The van der Waals surface area contributed by atoms with Crippen LogP contribution in [-0.4, -0.2) is 20.9 Å². The molecule has 0 aliphatic rings. The van der Waals surface area contributed by atoms with E-state index in [9.17, 15) is 20.0 Å². The summed E-state index contributed by atoms with van der Waals surface area (Å²) in [5, 5.41) is 24.1.